The van der Waals surface area contributed by atoms with Crippen LogP contribution in [-0.4, -0.2) is 53.4 Å². The topological polar surface area (TPSA) is 150 Å². The largest absolute Gasteiger partial charge is 0.493 e. The fourth-order valence-corrected chi connectivity index (χ4v) is 3.56. The lowest BCUT2D eigenvalue weighted by Crippen LogP contribution is -2.38. The summed E-state index contributed by atoms with van der Waals surface area (Å²) in [6.45, 7) is 7.42. The van der Waals surface area contributed by atoms with Crippen molar-refractivity contribution in [2.45, 2.75) is 26.9 Å². The van der Waals surface area contributed by atoms with Crippen molar-refractivity contribution in [3.05, 3.63) is 54.6 Å². The molecule has 6 N–H and O–H groups in total. The third-order valence-electron chi connectivity index (χ3n) is 5.62. The highest BCUT2D eigenvalue weighted by Crippen LogP contribution is 2.36. The number of amides is 1. The van der Waals surface area contributed by atoms with Gasteiger partial charge in [0.05, 0.1) is 30.7 Å². The van der Waals surface area contributed by atoms with Crippen LogP contribution in [0.4, 0.5) is 17.2 Å². The molecule has 1 aliphatic heterocycles. The third kappa shape index (κ3) is 6.78. The first-order chi connectivity index (χ1) is 17.8. The van der Waals surface area contributed by atoms with E-state index in [4.69, 9.17) is 25.8 Å². The van der Waals surface area contributed by atoms with Crippen molar-refractivity contribution in [1.29, 1.82) is 0 Å². The zero-order valence-corrected chi connectivity index (χ0v) is 21.2. The Bertz CT molecular complexity index is 1260. The van der Waals surface area contributed by atoms with Gasteiger partial charge in [0.2, 0.25) is 5.91 Å². The van der Waals surface area contributed by atoms with E-state index < -0.39 is 0 Å². The first-order valence-electron chi connectivity index (χ1n) is 12.1. The van der Waals surface area contributed by atoms with Crippen molar-refractivity contribution in [2.24, 2.45) is 17.5 Å². The SMILES string of the molecule is CCOc1cc(OC2COC2)cc2ncnc(Nc3ccc(NC(=O)CN(N)/C=C(\N)C(C)C)cc3)c12. The monoisotopic (exact) mass is 507 g/mol. The van der Waals surface area contributed by atoms with E-state index in [1.54, 1.807) is 18.3 Å². The first-order valence-corrected chi connectivity index (χ1v) is 12.1. The fourth-order valence-electron chi connectivity index (χ4n) is 3.56. The maximum Gasteiger partial charge on any atom is 0.245 e. The van der Waals surface area contributed by atoms with Crippen LogP contribution in [0.1, 0.15) is 20.8 Å². The van der Waals surface area contributed by atoms with E-state index >= 15 is 0 Å². The highest BCUT2D eigenvalue weighted by molar-refractivity contribution is 5.97. The van der Waals surface area contributed by atoms with Crippen molar-refractivity contribution >= 4 is 34.0 Å². The highest BCUT2D eigenvalue weighted by atomic mass is 16.6. The number of nitrogens with one attached hydrogen (secondary N) is 2. The van der Waals surface area contributed by atoms with Gasteiger partial charge in [0.15, 0.2) is 0 Å². The number of carbonyl (C=O) groups is 1. The van der Waals surface area contributed by atoms with Gasteiger partial charge >= 0.3 is 0 Å². The van der Waals surface area contributed by atoms with E-state index in [9.17, 15) is 4.79 Å². The minimum Gasteiger partial charge on any atom is -0.493 e. The average molecular weight is 508 g/mol. The van der Waals surface area contributed by atoms with Crippen molar-refractivity contribution in [3.8, 4) is 11.5 Å². The number of allylic oxidation sites excluding steroid dienone is 1. The van der Waals surface area contributed by atoms with E-state index in [0.717, 1.165) is 11.1 Å². The van der Waals surface area contributed by atoms with Crippen LogP contribution in [0.3, 0.4) is 0 Å². The van der Waals surface area contributed by atoms with Gasteiger partial charge in [0.25, 0.3) is 0 Å². The Morgan fingerprint density at radius 3 is 2.59 bits per heavy atom. The molecule has 11 nitrogen and oxygen atoms in total. The van der Waals surface area contributed by atoms with Crippen LogP contribution < -0.4 is 31.7 Å². The standard InChI is InChI=1S/C26H33N7O4/c1-4-36-23-10-19(37-20-13-35-14-20)9-22-25(23)26(30-15-29-22)32-18-7-5-17(6-8-18)31-24(34)12-33(28)11-21(27)16(2)3/h5-11,15-16,20H,4,12-14,27-28H2,1-3H3,(H,31,34)(H,29,30,32)/b21-11-. The highest BCUT2D eigenvalue weighted by Gasteiger charge is 2.22. The third-order valence-corrected chi connectivity index (χ3v) is 5.62. The Kier molecular flexibility index (Phi) is 8.26. The number of nitrogens with zero attached hydrogens (tertiary/aromatic N) is 3. The quantitative estimate of drug-likeness (QED) is 0.225. The number of ether oxygens (including phenoxy) is 3. The lowest BCUT2D eigenvalue weighted by Gasteiger charge is -2.27. The second-order valence-electron chi connectivity index (χ2n) is 8.95. The van der Waals surface area contributed by atoms with Gasteiger partial charge < -0.3 is 35.6 Å². The summed E-state index contributed by atoms with van der Waals surface area (Å²) in [7, 11) is 0. The molecular weight excluding hydrogens is 474 g/mol. The number of aromatic nitrogens is 2. The molecule has 0 aliphatic carbocycles. The van der Waals surface area contributed by atoms with Gasteiger partial charge in [-0.2, -0.15) is 0 Å². The average Bonchev–Trinajstić information content (AvgIpc) is 2.82. The maximum atomic E-state index is 12.3. The number of rotatable bonds is 11. The molecular formula is C26H33N7O4. The Balaban J connectivity index is 1.46. The molecule has 2 heterocycles. The Labute approximate surface area is 215 Å². The molecule has 4 rings (SSSR count). The van der Waals surface area contributed by atoms with Gasteiger partial charge in [0.1, 0.15) is 36.3 Å². The van der Waals surface area contributed by atoms with Crippen LogP contribution >= 0.6 is 0 Å². The smallest absolute Gasteiger partial charge is 0.245 e. The summed E-state index contributed by atoms with van der Waals surface area (Å²) in [5, 5.41) is 8.16. The van der Waals surface area contributed by atoms with E-state index in [0.29, 0.717) is 54.0 Å². The minimum atomic E-state index is -0.259. The Morgan fingerprint density at radius 1 is 1.22 bits per heavy atom. The summed E-state index contributed by atoms with van der Waals surface area (Å²) in [5.74, 6) is 7.65. The van der Waals surface area contributed by atoms with Crippen molar-refractivity contribution in [2.75, 3.05) is 37.0 Å². The molecule has 1 saturated heterocycles. The number of hydrogen-bond donors (Lipinski definition) is 4. The summed E-state index contributed by atoms with van der Waals surface area (Å²) in [6.07, 6.45) is 3.09. The molecule has 0 atom stereocenters. The van der Waals surface area contributed by atoms with Crippen LogP contribution in [0.15, 0.2) is 54.6 Å². The van der Waals surface area contributed by atoms with Gasteiger partial charge in [-0.15, -0.1) is 0 Å². The van der Waals surface area contributed by atoms with E-state index in [2.05, 4.69) is 20.6 Å². The van der Waals surface area contributed by atoms with Gasteiger partial charge in [-0.3, -0.25) is 4.79 Å². The predicted octanol–water partition coefficient (Wildman–Crippen LogP) is 3.12. The van der Waals surface area contributed by atoms with Crippen LogP contribution in [0.5, 0.6) is 11.5 Å². The second-order valence-corrected chi connectivity index (χ2v) is 8.95. The van der Waals surface area contributed by atoms with Crippen LogP contribution in [0.2, 0.25) is 0 Å². The zero-order valence-electron chi connectivity index (χ0n) is 21.2. The van der Waals surface area contributed by atoms with E-state index in [1.165, 1.54) is 11.3 Å². The van der Waals surface area contributed by atoms with E-state index in [-0.39, 0.29) is 24.5 Å². The second kappa shape index (κ2) is 11.8. The normalized spacial score (nSPS) is 13.8. The molecule has 0 radical (unpaired) electrons. The summed E-state index contributed by atoms with van der Waals surface area (Å²) >= 11 is 0. The number of carbonyl (C=O) groups excluding carboxylic acids is 1. The van der Waals surface area contributed by atoms with Crippen molar-refractivity contribution < 1.29 is 19.0 Å². The van der Waals surface area contributed by atoms with Gasteiger partial charge in [0, 0.05) is 35.4 Å². The van der Waals surface area contributed by atoms with Gasteiger partial charge in [-0.05, 0) is 37.1 Å². The summed E-state index contributed by atoms with van der Waals surface area (Å²) < 4.78 is 17.1. The van der Waals surface area contributed by atoms with Crippen LogP contribution in [-0.2, 0) is 9.53 Å². The van der Waals surface area contributed by atoms with Crippen molar-refractivity contribution in [1.82, 2.24) is 15.0 Å². The summed E-state index contributed by atoms with van der Waals surface area (Å²) in [6, 6.07) is 11.0. The summed E-state index contributed by atoms with van der Waals surface area (Å²) in [4.78, 5) is 21.2. The minimum absolute atomic E-state index is 0.0278. The molecule has 1 amide bonds. The maximum absolute atomic E-state index is 12.3. The number of fused-ring (bicyclic) bond motifs is 1. The molecule has 0 unspecified atom stereocenters. The Morgan fingerprint density at radius 2 is 1.95 bits per heavy atom. The number of benzene rings is 2. The van der Waals surface area contributed by atoms with Gasteiger partial charge in [-0.25, -0.2) is 15.8 Å². The molecule has 1 aliphatic rings. The number of hydrazine groups is 1. The molecule has 3 aromatic rings. The predicted molar refractivity (Wildman–Crippen MR) is 142 cm³/mol. The number of anilines is 3. The molecule has 196 valence electrons. The number of nitrogens with two attached hydrogens (primary N) is 2. The van der Waals surface area contributed by atoms with Gasteiger partial charge in [-0.1, -0.05) is 13.8 Å². The van der Waals surface area contributed by atoms with Crippen molar-refractivity contribution in [3.63, 3.8) is 0 Å². The molecule has 2 aromatic carbocycles. The first kappa shape index (κ1) is 26.0. The molecule has 0 bridgehead atoms. The Hall–Kier alpha value is -4.09. The van der Waals surface area contributed by atoms with Crippen LogP contribution in [0, 0.1) is 5.92 Å². The lowest BCUT2D eigenvalue weighted by atomic mass is 10.1. The molecule has 1 fully saturated rings. The summed E-state index contributed by atoms with van der Waals surface area (Å²) in [5.41, 5.74) is 8.60. The number of hydrogen-bond acceptors (Lipinski definition) is 10. The molecule has 0 saturated carbocycles. The molecule has 1 aromatic heterocycles. The molecule has 37 heavy (non-hydrogen) atoms. The molecule has 11 heteroatoms. The zero-order chi connectivity index (χ0) is 26.4. The molecule has 0 spiro atoms. The lowest BCUT2D eigenvalue weighted by molar-refractivity contribution is -0.116. The van der Waals surface area contributed by atoms with E-state index in [1.807, 2.05) is 45.0 Å². The fraction of sp³-hybridized carbons (Fsp3) is 0.346. The van der Waals surface area contributed by atoms with Crippen LogP contribution in [0.25, 0.3) is 10.9 Å².